The van der Waals surface area contributed by atoms with Gasteiger partial charge in [-0.3, -0.25) is 0 Å². The number of hydrogen-bond donors (Lipinski definition) is 1. The lowest BCUT2D eigenvalue weighted by molar-refractivity contribution is -0.344. The van der Waals surface area contributed by atoms with Gasteiger partial charge in [-0.05, 0) is 87.0 Å². The molecule has 196 valence electrons. The number of fused-ring (bicyclic) bond motifs is 3. The van der Waals surface area contributed by atoms with E-state index in [1.165, 1.54) is 5.57 Å². The van der Waals surface area contributed by atoms with Gasteiger partial charge in [0.15, 0.2) is 5.79 Å². The minimum Gasteiger partial charge on any atom is -0.458 e. The van der Waals surface area contributed by atoms with E-state index in [2.05, 4.69) is 31.8 Å². The number of esters is 1. The molecule has 0 amide bonds. The number of halogens is 1. The van der Waals surface area contributed by atoms with Crippen molar-refractivity contribution in [3.8, 4) is 0 Å². The zero-order valence-corrected chi connectivity index (χ0v) is 22.8. The Hall–Kier alpha value is -1.66. The average Bonchev–Trinajstić information content (AvgIpc) is 3.24. The Morgan fingerprint density at radius 2 is 2.00 bits per heavy atom. The second-order valence-electron chi connectivity index (χ2n) is 12.2. The van der Waals surface area contributed by atoms with Crippen LogP contribution in [-0.4, -0.2) is 37.1 Å². The van der Waals surface area contributed by atoms with Gasteiger partial charge in [0, 0.05) is 23.0 Å². The Morgan fingerprint density at radius 3 is 2.72 bits per heavy atom. The van der Waals surface area contributed by atoms with Gasteiger partial charge in [0.1, 0.15) is 6.61 Å². The maximum absolute atomic E-state index is 12.7. The number of allylic oxidation sites excluding steroid dienone is 1. The largest absolute Gasteiger partial charge is 0.458 e. The molecule has 0 spiro atoms. The highest BCUT2D eigenvalue weighted by atomic mass is 35.5. The minimum atomic E-state index is -0.528. The number of ether oxygens (including phenoxy) is 3. The second-order valence-corrected chi connectivity index (χ2v) is 12.6. The molecule has 2 aliphatic carbocycles. The van der Waals surface area contributed by atoms with Crippen LogP contribution in [0.2, 0.25) is 5.02 Å². The van der Waals surface area contributed by atoms with Crippen molar-refractivity contribution in [3.05, 3.63) is 58.7 Å². The van der Waals surface area contributed by atoms with Gasteiger partial charge in [-0.25, -0.2) is 4.79 Å². The quantitative estimate of drug-likeness (QED) is 0.362. The molecule has 0 aromatic heterocycles. The Balaban J connectivity index is 1.41. The monoisotopic (exact) mass is 513 g/mol. The minimum absolute atomic E-state index is 0.0310. The highest BCUT2D eigenvalue weighted by Gasteiger charge is 2.61. The summed E-state index contributed by atoms with van der Waals surface area (Å²) in [5, 5.41) is 4.39. The van der Waals surface area contributed by atoms with E-state index >= 15 is 0 Å². The molecule has 1 N–H and O–H groups in total. The van der Waals surface area contributed by atoms with Crippen LogP contribution in [0.1, 0.15) is 65.4 Å². The molecule has 2 saturated carbocycles. The highest BCUT2D eigenvalue weighted by Crippen LogP contribution is 2.64. The zero-order valence-electron chi connectivity index (χ0n) is 22.1. The van der Waals surface area contributed by atoms with E-state index in [1.807, 2.05) is 38.1 Å². The fourth-order valence-electron chi connectivity index (χ4n) is 7.60. The molecule has 6 unspecified atom stereocenters. The molecular weight excluding hydrogens is 474 g/mol. The molecule has 3 fully saturated rings. The lowest BCUT2D eigenvalue weighted by Gasteiger charge is -2.63. The van der Waals surface area contributed by atoms with Gasteiger partial charge in [0.25, 0.3) is 0 Å². The van der Waals surface area contributed by atoms with Crippen LogP contribution >= 0.6 is 11.6 Å². The van der Waals surface area contributed by atoms with E-state index in [1.54, 1.807) is 0 Å². The Kier molecular flexibility index (Phi) is 6.91. The van der Waals surface area contributed by atoms with Crippen LogP contribution in [0.25, 0.3) is 0 Å². The van der Waals surface area contributed by atoms with Crippen molar-refractivity contribution < 1.29 is 19.0 Å². The van der Waals surface area contributed by atoms with E-state index in [-0.39, 0.29) is 34.9 Å². The van der Waals surface area contributed by atoms with E-state index < -0.39 is 5.79 Å². The fraction of sp³-hybridized carbons (Fsp3) is 0.633. The van der Waals surface area contributed by atoms with Gasteiger partial charge in [-0.15, -0.1) is 0 Å². The first kappa shape index (κ1) is 26.0. The molecule has 5 rings (SSSR count). The summed E-state index contributed by atoms with van der Waals surface area (Å²) >= 11 is 6.22. The van der Waals surface area contributed by atoms with E-state index in [0.29, 0.717) is 24.1 Å². The summed E-state index contributed by atoms with van der Waals surface area (Å²) < 4.78 is 18.0. The number of hydrogen-bond acceptors (Lipinski definition) is 5. The summed E-state index contributed by atoms with van der Waals surface area (Å²) in [6, 6.07) is 7.75. The number of benzene rings is 1. The molecule has 5 nitrogen and oxygen atoms in total. The third-order valence-electron chi connectivity index (χ3n) is 9.51. The highest BCUT2D eigenvalue weighted by molar-refractivity contribution is 6.30. The number of nitrogens with one attached hydrogen (secondary N) is 1. The van der Waals surface area contributed by atoms with Crippen molar-refractivity contribution in [2.45, 2.75) is 84.3 Å². The molecule has 36 heavy (non-hydrogen) atoms. The molecule has 0 bridgehead atoms. The van der Waals surface area contributed by atoms with Gasteiger partial charge < -0.3 is 19.5 Å². The van der Waals surface area contributed by atoms with Crippen LogP contribution in [0.3, 0.4) is 0 Å². The van der Waals surface area contributed by atoms with Crippen molar-refractivity contribution in [2.75, 3.05) is 13.2 Å². The van der Waals surface area contributed by atoms with Gasteiger partial charge in [0.05, 0.1) is 18.3 Å². The predicted molar refractivity (Wildman–Crippen MR) is 141 cm³/mol. The topological polar surface area (TPSA) is 56.8 Å². The molecule has 4 aliphatic rings. The number of carbonyl (C=O) groups excluding carboxylic acids is 1. The summed E-state index contributed by atoms with van der Waals surface area (Å²) in [6.07, 6.45) is 7.18. The summed E-state index contributed by atoms with van der Waals surface area (Å²) in [5.41, 5.74) is 3.17. The third kappa shape index (κ3) is 4.69. The van der Waals surface area contributed by atoms with E-state index in [0.717, 1.165) is 49.8 Å². The second kappa shape index (κ2) is 9.58. The van der Waals surface area contributed by atoms with Crippen molar-refractivity contribution >= 4 is 17.6 Å². The number of carbonyl (C=O) groups is 1. The molecule has 1 saturated heterocycles. The van der Waals surface area contributed by atoms with Gasteiger partial charge in [-0.2, -0.15) is 0 Å². The van der Waals surface area contributed by atoms with Gasteiger partial charge in [0.2, 0.25) is 0 Å². The molecule has 2 heterocycles. The first-order valence-corrected chi connectivity index (χ1v) is 13.7. The zero-order chi connectivity index (χ0) is 25.7. The Labute approximate surface area is 220 Å². The van der Waals surface area contributed by atoms with Crippen LogP contribution in [0, 0.1) is 22.7 Å². The first-order valence-electron chi connectivity index (χ1n) is 13.4. The van der Waals surface area contributed by atoms with Gasteiger partial charge >= 0.3 is 5.97 Å². The summed E-state index contributed by atoms with van der Waals surface area (Å²) in [6.45, 7) is 15.1. The maximum Gasteiger partial charge on any atom is 0.335 e. The van der Waals surface area contributed by atoms with E-state index in [4.69, 9.17) is 25.8 Å². The van der Waals surface area contributed by atoms with Crippen molar-refractivity contribution in [2.24, 2.45) is 22.7 Å². The SMILES string of the molecule is C=C1CCC2C3(C)COC(C)(C)OC3CCC2(C)C1CC(NCc1cccc(Cl)c1)C1=CCOC1=O. The molecule has 1 aromatic rings. The van der Waals surface area contributed by atoms with Crippen molar-refractivity contribution in [3.63, 3.8) is 0 Å². The number of rotatable bonds is 6. The van der Waals surface area contributed by atoms with Crippen LogP contribution in [0.4, 0.5) is 0 Å². The molecular formula is C30H40ClNO4. The first-order chi connectivity index (χ1) is 17.0. The van der Waals surface area contributed by atoms with E-state index in [9.17, 15) is 4.79 Å². The van der Waals surface area contributed by atoms with Crippen LogP contribution < -0.4 is 5.32 Å². The molecule has 6 atom stereocenters. The third-order valence-corrected chi connectivity index (χ3v) is 9.75. The van der Waals surface area contributed by atoms with Crippen LogP contribution in [0.15, 0.2) is 48.1 Å². The Morgan fingerprint density at radius 1 is 1.19 bits per heavy atom. The average molecular weight is 514 g/mol. The fourth-order valence-corrected chi connectivity index (χ4v) is 7.81. The van der Waals surface area contributed by atoms with Gasteiger partial charge in [-0.1, -0.05) is 49.7 Å². The number of cyclic esters (lactones) is 1. The van der Waals surface area contributed by atoms with Crippen LogP contribution in [0.5, 0.6) is 0 Å². The summed E-state index contributed by atoms with van der Waals surface area (Å²) in [7, 11) is 0. The lowest BCUT2D eigenvalue weighted by Crippen LogP contribution is -2.63. The lowest BCUT2D eigenvalue weighted by atomic mass is 9.45. The maximum atomic E-state index is 12.7. The Bertz CT molecular complexity index is 1070. The normalized spacial score (nSPS) is 36.5. The standard InChI is InChI=1S/C30H40ClNO4/c1-19-9-10-25-29(4,13-11-26-30(25,5)18-35-28(2,3)36-26)23(19)16-24(22-12-14-34-27(22)33)32-17-20-7-6-8-21(31)15-20/h6-8,12,15,23-26,32H,1,9-11,13-14,16-18H2,2-5H3. The summed E-state index contributed by atoms with van der Waals surface area (Å²) in [5.74, 6) is 0.0116. The summed E-state index contributed by atoms with van der Waals surface area (Å²) in [4.78, 5) is 12.7. The molecule has 0 radical (unpaired) electrons. The molecule has 6 heteroatoms. The van der Waals surface area contributed by atoms with Crippen molar-refractivity contribution in [1.29, 1.82) is 0 Å². The molecule has 2 aliphatic heterocycles. The van der Waals surface area contributed by atoms with Crippen LogP contribution in [-0.2, 0) is 25.5 Å². The smallest absolute Gasteiger partial charge is 0.335 e. The molecule has 1 aromatic carbocycles. The predicted octanol–water partition coefficient (Wildman–Crippen LogP) is 6.21. The van der Waals surface area contributed by atoms with Crippen molar-refractivity contribution in [1.82, 2.24) is 5.32 Å².